The molecule has 0 aliphatic carbocycles. The summed E-state index contributed by atoms with van der Waals surface area (Å²) in [5, 5.41) is 1.81. The van der Waals surface area contributed by atoms with Gasteiger partial charge in [-0.05, 0) is 60.9 Å². The van der Waals surface area contributed by atoms with E-state index < -0.39 is 17.6 Å². The monoisotopic (exact) mass is 415 g/mol. The SMILES string of the molecule is Cc1ccc(S/C=C/C(=Nc2cccc(F)c2)c2ccc(C(F)(F)F)cc2)cc1. The fourth-order valence-corrected chi connectivity index (χ4v) is 3.15. The molecular formula is C23H17F4NS. The zero-order valence-electron chi connectivity index (χ0n) is 15.5. The summed E-state index contributed by atoms with van der Waals surface area (Å²) in [6.07, 6.45) is -2.70. The molecule has 3 rings (SSSR count). The Morgan fingerprint density at radius 3 is 2.24 bits per heavy atom. The molecule has 0 saturated heterocycles. The van der Waals surface area contributed by atoms with Crippen LogP contribution in [0, 0.1) is 12.7 Å². The summed E-state index contributed by atoms with van der Waals surface area (Å²) in [6, 6.07) is 18.4. The van der Waals surface area contributed by atoms with E-state index in [1.807, 2.05) is 31.2 Å². The lowest BCUT2D eigenvalue weighted by molar-refractivity contribution is -0.137. The topological polar surface area (TPSA) is 12.4 Å². The molecule has 3 aromatic carbocycles. The van der Waals surface area contributed by atoms with Crippen LogP contribution in [-0.2, 0) is 6.18 Å². The maximum Gasteiger partial charge on any atom is 0.416 e. The first kappa shape index (κ1) is 20.9. The van der Waals surface area contributed by atoms with Crippen molar-refractivity contribution < 1.29 is 17.6 Å². The van der Waals surface area contributed by atoms with Crippen LogP contribution in [0.15, 0.2) is 94.2 Å². The van der Waals surface area contributed by atoms with E-state index >= 15 is 0 Å². The molecule has 1 nitrogen and oxygen atoms in total. The summed E-state index contributed by atoms with van der Waals surface area (Å²) >= 11 is 1.46. The molecule has 148 valence electrons. The highest BCUT2D eigenvalue weighted by atomic mass is 32.2. The van der Waals surface area contributed by atoms with Gasteiger partial charge in [0.05, 0.1) is 17.0 Å². The molecule has 0 saturated carbocycles. The van der Waals surface area contributed by atoms with Crippen LogP contribution in [0.2, 0.25) is 0 Å². The number of rotatable bonds is 5. The van der Waals surface area contributed by atoms with Gasteiger partial charge in [-0.1, -0.05) is 47.7 Å². The van der Waals surface area contributed by atoms with Gasteiger partial charge in [-0.15, -0.1) is 0 Å². The molecule has 0 N–H and O–H groups in total. The molecule has 0 radical (unpaired) electrons. The second kappa shape index (κ2) is 9.09. The van der Waals surface area contributed by atoms with E-state index in [1.54, 1.807) is 17.6 Å². The van der Waals surface area contributed by atoms with E-state index in [1.165, 1.54) is 42.1 Å². The van der Waals surface area contributed by atoms with Gasteiger partial charge in [0.25, 0.3) is 0 Å². The Balaban J connectivity index is 1.91. The Bertz CT molecular complexity index is 1020. The van der Waals surface area contributed by atoms with Gasteiger partial charge < -0.3 is 0 Å². The van der Waals surface area contributed by atoms with Gasteiger partial charge in [0.15, 0.2) is 0 Å². The number of allylic oxidation sites excluding steroid dienone is 1. The predicted molar refractivity (Wildman–Crippen MR) is 110 cm³/mol. The molecule has 29 heavy (non-hydrogen) atoms. The van der Waals surface area contributed by atoms with Crippen LogP contribution in [0.3, 0.4) is 0 Å². The van der Waals surface area contributed by atoms with Gasteiger partial charge in [0.1, 0.15) is 5.82 Å². The highest BCUT2D eigenvalue weighted by molar-refractivity contribution is 8.02. The number of aliphatic imine (C=N–C) groups is 1. The number of hydrogen-bond donors (Lipinski definition) is 0. The minimum absolute atomic E-state index is 0.380. The van der Waals surface area contributed by atoms with E-state index in [4.69, 9.17) is 0 Å². The van der Waals surface area contributed by atoms with E-state index in [-0.39, 0.29) is 0 Å². The van der Waals surface area contributed by atoms with E-state index in [0.717, 1.165) is 22.6 Å². The number of aryl methyl sites for hydroxylation is 1. The van der Waals surface area contributed by atoms with Crippen molar-refractivity contribution in [3.05, 3.63) is 107 Å². The Labute approximate surface area is 170 Å². The van der Waals surface area contributed by atoms with Gasteiger partial charge in [0.2, 0.25) is 0 Å². The van der Waals surface area contributed by atoms with Gasteiger partial charge in [-0.2, -0.15) is 13.2 Å². The number of hydrogen-bond acceptors (Lipinski definition) is 2. The minimum atomic E-state index is -4.41. The smallest absolute Gasteiger partial charge is 0.248 e. The van der Waals surface area contributed by atoms with Crippen LogP contribution in [0.1, 0.15) is 16.7 Å². The second-order valence-electron chi connectivity index (χ2n) is 6.29. The maximum atomic E-state index is 13.5. The number of thioether (sulfide) groups is 1. The van der Waals surface area contributed by atoms with Crippen molar-refractivity contribution in [3.8, 4) is 0 Å². The average molecular weight is 415 g/mol. The summed E-state index contributed by atoms with van der Waals surface area (Å²) in [6.45, 7) is 2.00. The molecule has 0 atom stereocenters. The molecule has 0 amide bonds. The van der Waals surface area contributed by atoms with Gasteiger partial charge in [-0.3, -0.25) is 0 Å². The Morgan fingerprint density at radius 1 is 0.931 bits per heavy atom. The third-order valence-electron chi connectivity index (χ3n) is 4.02. The lowest BCUT2D eigenvalue weighted by Gasteiger charge is -2.08. The summed E-state index contributed by atoms with van der Waals surface area (Å²) in [5.74, 6) is -0.434. The van der Waals surface area contributed by atoms with Crippen molar-refractivity contribution in [1.82, 2.24) is 0 Å². The number of nitrogens with zero attached hydrogens (tertiary/aromatic N) is 1. The molecular weight excluding hydrogens is 398 g/mol. The number of halogens is 4. The Morgan fingerprint density at radius 2 is 1.62 bits per heavy atom. The van der Waals surface area contributed by atoms with Gasteiger partial charge in [0, 0.05) is 10.5 Å². The number of alkyl halides is 3. The van der Waals surface area contributed by atoms with Crippen molar-refractivity contribution in [2.24, 2.45) is 4.99 Å². The second-order valence-corrected chi connectivity index (χ2v) is 7.26. The molecule has 0 aromatic heterocycles. The minimum Gasteiger partial charge on any atom is -0.248 e. The molecule has 0 aliphatic heterocycles. The fourth-order valence-electron chi connectivity index (χ4n) is 2.51. The lowest BCUT2D eigenvalue weighted by Crippen LogP contribution is -2.05. The molecule has 0 bridgehead atoms. The van der Waals surface area contributed by atoms with Crippen LogP contribution in [0.5, 0.6) is 0 Å². The lowest BCUT2D eigenvalue weighted by atomic mass is 10.1. The van der Waals surface area contributed by atoms with Crippen LogP contribution in [0.25, 0.3) is 0 Å². The third kappa shape index (κ3) is 6.06. The van der Waals surface area contributed by atoms with E-state index in [2.05, 4.69) is 4.99 Å². The summed E-state index contributed by atoms with van der Waals surface area (Å²) in [5.41, 5.74) is 1.73. The Kier molecular flexibility index (Phi) is 6.54. The highest BCUT2D eigenvalue weighted by Crippen LogP contribution is 2.29. The molecule has 0 heterocycles. The zero-order valence-corrected chi connectivity index (χ0v) is 16.3. The average Bonchev–Trinajstić information content (AvgIpc) is 2.68. The fraction of sp³-hybridized carbons (Fsp3) is 0.0870. The summed E-state index contributed by atoms with van der Waals surface area (Å²) in [7, 11) is 0. The zero-order chi connectivity index (χ0) is 20.9. The first-order valence-corrected chi connectivity index (χ1v) is 9.61. The van der Waals surface area contributed by atoms with Crippen molar-refractivity contribution in [2.75, 3.05) is 0 Å². The number of benzene rings is 3. The van der Waals surface area contributed by atoms with Crippen molar-refractivity contribution >= 4 is 23.2 Å². The van der Waals surface area contributed by atoms with Crippen molar-refractivity contribution in [2.45, 2.75) is 18.0 Å². The van der Waals surface area contributed by atoms with E-state index in [9.17, 15) is 17.6 Å². The summed E-state index contributed by atoms with van der Waals surface area (Å²) in [4.78, 5) is 5.44. The molecule has 0 spiro atoms. The summed E-state index contributed by atoms with van der Waals surface area (Å²) < 4.78 is 52.0. The van der Waals surface area contributed by atoms with Gasteiger partial charge in [-0.25, -0.2) is 9.38 Å². The maximum absolute atomic E-state index is 13.5. The molecule has 0 unspecified atom stereocenters. The molecule has 3 aromatic rings. The predicted octanol–water partition coefficient (Wildman–Crippen LogP) is 7.58. The first-order chi connectivity index (χ1) is 13.8. The van der Waals surface area contributed by atoms with Crippen molar-refractivity contribution in [1.29, 1.82) is 0 Å². The van der Waals surface area contributed by atoms with Crippen LogP contribution < -0.4 is 0 Å². The van der Waals surface area contributed by atoms with Crippen molar-refractivity contribution in [3.63, 3.8) is 0 Å². The van der Waals surface area contributed by atoms with Crippen LogP contribution in [-0.4, -0.2) is 5.71 Å². The van der Waals surface area contributed by atoms with Crippen LogP contribution >= 0.6 is 11.8 Å². The highest BCUT2D eigenvalue weighted by Gasteiger charge is 2.30. The quantitative estimate of drug-likeness (QED) is 0.238. The van der Waals surface area contributed by atoms with E-state index in [0.29, 0.717) is 17.0 Å². The largest absolute Gasteiger partial charge is 0.416 e. The van der Waals surface area contributed by atoms with Crippen LogP contribution in [0.4, 0.5) is 23.2 Å². The molecule has 0 fully saturated rings. The molecule has 0 aliphatic rings. The normalized spacial score (nSPS) is 12.5. The van der Waals surface area contributed by atoms with Gasteiger partial charge >= 0.3 is 6.18 Å². The Hall–Kier alpha value is -2.86. The third-order valence-corrected chi connectivity index (χ3v) is 4.83. The molecule has 6 heteroatoms. The first-order valence-electron chi connectivity index (χ1n) is 8.73. The standard InChI is InChI=1S/C23H17F4NS/c1-16-5-11-21(12-6-16)29-14-13-22(28-20-4-2-3-19(24)15-20)17-7-9-18(10-8-17)23(25,26)27/h2-15H,1H3/b14-13+,28-22?.